The Balaban J connectivity index is 3.36. The van der Waals surface area contributed by atoms with E-state index in [1.165, 1.54) is 0 Å². The van der Waals surface area contributed by atoms with E-state index in [2.05, 4.69) is 52.9 Å². The molecule has 1 aromatic carbocycles. The van der Waals surface area contributed by atoms with Gasteiger partial charge in [-0.05, 0) is 46.3 Å². The van der Waals surface area contributed by atoms with E-state index >= 15 is 0 Å². The van der Waals surface area contributed by atoms with Crippen LogP contribution < -0.4 is 5.32 Å². The van der Waals surface area contributed by atoms with Gasteiger partial charge in [0.1, 0.15) is 5.75 Å². The largest absolute Gasteiger partial charge is 0.507 e. The van der Waals surface area contributed by atoms with Crippen molar-refractivity contribution in [1.29, 1.82) is 0 Å². The lowest BCUT2D eigenvalue weighted by Gasteiger charge is -2.31. The van der Waals surface area contributed by atoms with Crippen LogP contribution in [0.25, 0.3) is 0 Å². The number of hydrogen-bond donors (Lipinski definition) is 4. The highest BCUT2D eigenvalue weighted by Crippen LogP contribution is 2.42. The van der Waals surface area contributed by atoms with Crippen molar-refractivity contribution in [2.24, 2.45) is 0 Å². The molecule has 0 aromatic heterocycles. The fourth-order valence-electron chi connectivity index (χ4n) is 3.46. The lowest BCUT2D eigenvalue weighted by Crippen LogP contribution is -2.54. The summed E-state index contributed by atoms with van der Waals surface area (Å²) >= 11 is 0. The molecule has 1 aromatic rings. The zero-order chi connectivity index (χ0) is 22.6. The number of aliphatic hydroxyl groups is 2. The van der Waals surface area contributed by atoms with Gasteiger partial charge < -0.3 is 20.6 Å². The normalized spacial score (nSPS) is 14.0. The molecule has 166 valence electrons. The molecule has 1 unspecified atom stereocenters. The molecule has 4 N–H and O–H groups in total. The molecule has 0 spiro atoms. The average Bonchev–Trinajstić information content (AvgIpc) is 2.62. The summed E-state index contributed by atoms with van der Waals surface area (Å²) in [5.74, 6) is -0.138. The molecule has 0 bridgehead atoms. The lowest BCUT2D eigenvalue weighted by molar-refractivity contribution is -0.124. The van der Waals surface area contributed by atoms with Crippen LogP contribution in [0.5, 0.6) is 5.75 Å². The van der Waals surface area contributed by atoms with E-state index in [4.69, 9.17) is 0 Å². The summed E-state index contributed by atoms with van der Waals surface area (Å²) in [6, 6.07) is 4.10. The van der Waals surface area contributed by atoms with Gasteiger partial charge in [-0.2, -0.15) is 0 Å². The fraction of sp³-hybridized carbons (Fsp3) is 0.708. The first-order valence-electron chi connectivity index (χ1n) is 10.6. The molecule has 5 heteroatoms. The van der Waals surface area contributed by atoms with E-state index in [-0.39, 0.29) is 48.0 Å². The Morgan fingerprint density at radius 1 is 1.00 bits per heavy atom. The quantitative estimate of drug-likeness (QED) is 0.522. The lowest BCUT2D eigenvalue weighted by atomic mass is 9.76. The molecule has 0 heterocycles. The van der Waals surface area contributed by atoms with Gasteiger partial charge in [-0.25, -0.2) is 0 Å². The molecule has 0 radical (unpaired) electrons. The Kier molecular flexibility index (Phi) is 8.32. The molecule has 0 saturated carbocycles. The van der Waals surface area contributed by atoms with E-state index in [0.29, 0.717) is 12.8 Å². The second kappa shape index (κ2) is 9.48. The Labute approximate surface area is 176 Å². The molecule has 1 rings (SSSR count). The minimum absolute atomic E-state index is 0.0891. The third kappa shape index (κ3) is 6.19. The van der Waals surface area contributed by atoms with Crippen LogP contribution in [0, 0.1) is 0 Å². The van der Waals surface area contributed by atoms with Gasteiger partial charge in [0, 0.05) is 6.42 Å². The van der Waals surface area contributed by atoms with Gasteiger partial charge in [0.25, 0.3) is 0 Å². The standard InChI is InChI=1S/C24H41NO4/c1-9-16(11-20(28)25-24(10-2,14-26)15-27)18-12-17(22(3,4)5)13-19(21(18)29)23(6,7)8/h12-13,16,26-27,29H,9-11,14-15H2,1-8H3,(H,25,28). The number of carbonyl (C=O) groups excluding carboxylic acids is 1. The third-order valence-electron chi connectivity index (χ3n) is 5.86. The van der Waals surface area contributed by atoms with E-state index in [1.54, 1.807) is 0 Å². The minimum Gasteiger partial charge on any atom is -0.507 e. The summed E-state index contributed by atoms with van der Waals surface area (Å²) in [6.45, 7) is 15.8. The van der Waals surface area contributed by atoms with E-state index in [9.17, 15) is 20.1 Å². The average molecular weight is 408 g/mol. The molecule has 0 aliphatic heterocycles. The molecule has 29 heavy (non-hydrogen) atoms. The highest BCUT2D eigenvalue weighted by molar-refractivity contribution is 5.78. The fourth-order valence-corrected chi connectivity index (χ4v) is 3.46. The van der Waals surface area contributed by atoms with Gasteiger partial charge in [-0.15, -0.1) is 0 Å². The maximum absolute atomic E-state index is 12.7. The maximum Gasteiger partial charge on any atom is 0.221 e. The van der Waals surface area contributed by atoms with Crippen molar-refractivity contribution in [3.05, 3.63) is 28.8 Å². The number of aliphatic hydroxyl groups excluding tert-OH is 2. The number of aromatic hydroxyl groups is 1. The summed E-state index contributed by atoms with van der Waals surface area (Å²) in [5.41, 5.74) is 1.46. The van der Waals surface area contributed by atoms with E-state index in [0.717, 1.165) is 16.7 Å². The summed E-state index contributed by atoms with van der Waals surface area (Å²) in [6.07, 6.45) is 1.31. The number of amides is 1. The number of phenols is 1. The van der Waals surface area contributed by atoms with E-state index < -0.39 is 5.54 Å². The molecule has 1 amide bonds. The van der Waals surface area contributed by atoms with Crippen molar-refractivity contribution in [1.82, 2.24) is 5.32 Å². The molecule has 0 saturated heterocycles. The van der Waals surface area contributed by atoms with Crippen LogP contribution in [0.4, 0.5) is 0 Å². The van der Waals surface area contributed by atoms with Crippen LogP contribution in [0.1, 0.15) is 97.3 Å². The molecule has 5 nitrogen and oxygen atoms in total. The van der Waals surface area contributed by atoms with Crippen molar-refractivity contribution in [3.8, 4) is 5.75 Å². The second-order valence-electron chi connectivity index (χ2n) is 10.3. The van der Waals surface area contributed by atoms with Crippen LogP contribution in [-0.2, 0) is 15.6 Å². The second-order valence-corrected chi connectivity index (χ2v) is 10.3. The topological polar surface area (TPSA) is 89.8 Å². The van der Waals surface area contributed by atoms with Gasteiger partial charge in [0.05, 0.1) is 18.8 Å². The number of phenolic OH excluding ortho intramolecular Hbond substituents is 1. The van der Waals surface area contributed by atoms with Crippen LogP contribution in [0.2, 0.25) is 0 Å². The van der Waals surface area contributed by atoms with Crippen LogP contribution in [-0.4, -0.2) is 40.0 Å². The number of nitrogens with one attached hydrogen (secondary N) is 1. The van der Waals surface area contributed by atoms with Gasteiger partial charge in [0.2, 0.25) is 5.91 Å². The predicted molar refractivity (Wildman–Crippen MR) is 118 cm³/mol. The number of benzene rings is 1. The SMILES string of the molecule is CCC(CC(=O)NC(CC)(CO)CO)c1cc(C(C)(C)C)cc(C(C)(C)C)c1O. The zero-order valence-electron chi connectivity index (χ0n) is 19.5. The van der Waals surface area contributed by atoms with Gasteiger partial charge >= 0.3 is 0 Å². The molecule has 0 aliphatic rings. The molecule has 0 fully saturated rings. The zero-order valence-corrected chi connectivity index (χ0v) is 19.5. The monoisotopic (exact) mass is 407 g/mol. The summed E-state index contributed by atoms with van der Waals surface area (Å²) < 4.78 is 0. The number of rotatable bonds is 8. The Hall–Kier alpha value is -1.59. The van der Waals surface area contributed by atoms with Crippen molar-refractivity contribution >= 4 is 5.91 Å². The summed E-state index contributed by atoms with van der Waals surface area (Å²) in [7, 11) is 0. The van der Waals surface area contributed by atoms with Gasteiger partial charge in [-0.1, -0.05) is 67.5 Å². The number of hydrogen-bond acceptors (Lipinski definition) is 4. The highest BCUT2D eigenvalue weighted by atomic mass is 16.3. The first-order chi connectivity index (χ1) is 13.2. The van der Waals surface area contributed by atoms with Crippen LogP contribution >= 0.6 is 0 Å². The van der Waals surface area contributed by atoms with Crippen LogP contribution in [0.15, 0.2) is 12.1 Å². The molecular weight excluding hydrogens is 366 g/mol. The van der Waals surface area contributed by atoms with Crippen molar-refractivity contribution in [2.75, 3.05) is 13.2 Å². The first-order valence-corrected chi connectivity index (χ1v) is 10.6. The molecule has 0 aliphatic carbocycles. The summed E-state index contributed by atoms with van der Waals surface area (Å²) in [5, 5.41) is 33.1. The van der Waals surface area contributed by atoms with Gasteiger partial charge in [0.15, 0.2) is 0 Å². The minimum atomic E-state index is -1.01. The maximum atomic E-state index is 12.7. The third-order valence-corrected chi connectivity index (χ3v) is 5.86. The van der Waals surface area contributed by atoms with Gasteiger partial charge in [-0.3, -0.25) is 4.79 Å². The van der Waals surface area contributed by atoms with Crippen molar-refractivity contribution in [2.45, 2.75) is 96.9 Å². The number of carbonyl (C=O) groups is 1. The van der Waals surface area contributed by atoms with Crippen molar-refractivity contribution in [3.63, 3.8) is 0 Å². The highest BCUT2D eigenvalue weighted by Gasteiger charge is 2.31. The van der Waals surface area contributed by atoms with E-state index in [1.807, 2.05) is 19.9 Å². The Bertz CT molecular complexity index is 686. The smallest absolute Gasteiger partial charge is 0.221 e. The van der Waals surface area contributed by atoms with Crippen molar-refractivity contribution < 1.29 is 20.1 Å². The molecular formula is C24H41NO4. The Morgan fingerprint density at radius 2 is 1.55 bits per heavy atom. The Morgan fingerprint density at radius 3 is 1.93 bits per heavy atom. The molecule has 1 atom stereocenters. The first kappa shape index (κ1) is 25.4. The predicted octanol–water partition coefficient (Wildman–Crippen LogP) is 4.12. The van der Waals surface area contributed by atoms with Crippen LogP contribution in [0.3, 0.4) is 0 Å². The summed E-state index contributed by atoms with van der Waals surface area (Å²) in [4.78, 5) is 12.7.